The van der Waals surface area contributed by atoms with E-state index in [1.54, 1.807) is 16.7 Å². The van der Waals surface area contributed by atoms with E-state index >= 15 is 0 Å². The summed E-state index contributed by atoms with van der Waals surface area (Å²) in [6.07, 6.45) is 1.81. The van der Waals surface area contributed by atoms with E-state index in [4.69, 9.17) is 11.6 Å². The monoisotopic (exact) mass is 446 g/mol. The summed E-state index contributed by atoms with van der Waals surface area (Å²) >= 11 is 7.66. The van der Waals surface area contributed by atoms with E-state index in [-0.39, 0.29) is 11.8 Å². The van der Waals surface area contributed by atoms with Gasteiger partial charge in [0.15, 0.2) is 0 Å². The van der Waals surface area contributed by atoms with Crippen LogP contribution in [0.3, 0.4) is 0 Å². The van der Waals surface area contributed by atoms with Crippen LogP contribution in [0.1, 0.15) is 44.2 Å². The number of benzene rings is 2. The van der Waals surface area contributed by atoms with Crippen LogP contribution in [-0.2, 0) is 16.1 Å². The molecule has 1 atom stereocenters. The summed E-state index contributed by atoms with van der Waals surface area (Å²) in [7, 11) is 0. The van der Waals surface area contributed by atoms with Crippen molar-refractivity contribution in [1.29, 1.82) is 0 Å². The zero-order valence-electron chi connectivity index (χ0n) is 18.0. The molecule has 0 spiro atoms. The van der Waals surface area contributed by atoms with Gasteiger partial charge in [0.2, 0.25) is 11.8 Å². The fourth-order valence-corrected chi connectivity index (χ4v) is 4.07. The minimum atomic E-state index is -0.482. The van der Waals surface area contributed by atoms with Crippen molar-refractivity contribution in [3.8, 4) is 0 Å². The molecule has 2 rings (SSSR count). The topological polar surface area (TPSA) is 49.4 Å². The minimum absolute atomic E-state index is 0.0111. The Bertz CT molecular complexity index is 809. The molecule has 1 N–H and O–H groups in total. The molecule has 6 heteroatoms. The fraction of sp³-hybridized carbons (Fsp3) is 0.417. The quantitative estimate of drug-likeness (QED) is 0.466. The minimum Gasteiger partial charge on any atom is -0.354 e. The second-order valence-electron chi connectivity index (χ2n) is 7.27. The van der Waals surface area contributed by atoms with E-state index in [0.29, 0.717) is 36.7 Å². The van der Waals surface area contributed by atoms with Crippen LogP contribution >= 0.6 is 23.4 Å². The van der Waals surface area contributed by atoms with Crippen molar-refractivity contribution in [3.05, 3.63) is 64.7 Å². The zero-order chi connectivity index (χ0) is 21.9. The maximum atomic E-state index is 13.1. The van der Waals surface area contributed by atoms with Crippen LogP contribution in [0.25, 0.3) is 0 Å². The van der Waals surface area contributed by atoms with E-state index in [1.165, 1.54) is 5.56 Å². The molecule has 0 radical (unpaired) electrons. The number of aryl methyl sites for hydroxylation is 1. The Kier molecular flexibility index (Phi) is 10.2. The van der Waals surface area contributed by atoms with E-state index in [2.05, 4.69) is 36.5 Å². The van der Waals surface area contributed by atoms with Crippen LogP contribution in [0.4, 0.5) is 0 Å². The summed E-state index contributed by atoms with van der Waals surface area (Å²) in [6.45, 7) is 7.02. The highest BCUT2D eigenvalue weighted by molar-refractivity contribution is 7.99. The molecule has 0 aromatic heterocycles. The molecule has 30 heavy (non-hydrogen) atoms. The lowest BCUT2D eigenvalue weighted by Crippen LogP contribution is -2.49. The molecule has 0 aliphatic heterocycles. The Balaban J connectivity index is 2.09. The molecule has 0 aliphatic carbocycles. The summed E-state index contributed by atoms with van der Waals surface area (Å²) < 4.78 is 0. The smallest absolute Gasteiger partial charge is 0.242 e. The Hall–Kier alpha value is -1.98. The van der Waals surface area contributed by atoms with E-state index in [9.17, 15) is 9.59 Å². The van der Waals surface area contributed by atoms with Gasteiger partial charge < -0.3 is 10.2 Å². The third-order valence-electron chi connectivity index (χ3n) is 4.81. The number of carbonyl (C=O) groups excluding carboxylic acids is 2. The van der Waals surface area contributed by atoms with Crippen molar-refractivity contribution in [2.45, 2.75) is 57.5 Å². The van der Waals surface area contributed by atoms with Crippen molar-refractivity contribution >= 4 is 35.2 Å². The van der Waals surface area contributed by atoms with Gasteiger partial charge in [0.05, 0.1) is 0 Å². The highest BCUT2D eigenvalue weighted by Gasteiger charge is 2.28. The average molecular weight is 447 g/mol. The van der Waals surface area contributed by atoms with Crippen molar-refractivity contribution in [2.24, 2.45) is 0 Å². The maximum absolute atomic E-state index is 13.1. The standard InChI is InChI=1S/C24H31ClN2O2S/c1-4-15-26-24(29)22(5-2)27(17-19-8-10-20(25)11-9-19)23(28)14-16-30-21-12-6-18(3)7-13-21/h6-13,22H,4-5,14-17H2,1-3H3,(H,26,29)/t22-/m1/s1. The van der Waals surface area contributed by atoms with Crippen molar-refractivity contribution in [1.82, 2.24) is 10.2 Å². The first kappa shape index (κ1) is 24.3. The Morgan fingerprint density at radius 2 is 1.73 bits per heavy atom. The largest absolute Gasteiger partial charge is 0.354 e. The Labute approximate surface area is 189 Å². The molecule has 0 saturated carbocycles. The number of carbonyl (C=O) groups is 2. The highest BCUT2D eigenvalue weighted by Crippen LogP contribution is 2.21. The molecule has 162 valence electrons. The van der Waals surface area contributed by atoms with Gasteiger partial charge in [0, 0.05) is 35.2 Å². The molecule has 0 aliphatic rings. The Morgan fingerprint density at radius 1 is 1.07 bits per heavy atom. The lowest BCUT2D eigenvalue weighted by molar-refractivity contribution is -0.141. The number of rotatable bonds is 11. The van der Waals surface area contributed by atoms with Gasteiger partial charge in [-0.05, 0) is 49.6 Å². The molecule has 0 bridgehead atoms. The van der Waals surface area contributed by atoms with Crippen molar-refractivity contribution in [3.63, 3.8) is 0 Å². The number of amides is 2. The first-order chi connectivity index (χ1) is 14.4. The molecular weight excluding hydrogens is 416 g/mol. The lowest BCUT2D eigenvalue weighted by Gasteiger charge is -2.30. The fourth-order valence-electron chi connectivity index (χ4n) is 3.11. The molecule has 0 saturated heterocycles. The predicted octanol–water partition coefficient (Wildman–Crippen LogP) is 5.46. The van der Waals surface area contributed by atoms with Crippen LogP contribution in [0.2, 0.25) is 5.02 Å². The first-order valence-corrected chi connectivity index (χ1v) is 11.8. The number of hydrogen-bond acceptors (Lipinski definition) is 3. The molecule has 0 unspecified atom stereocenters. The van der Waals surface area contributed by atoms with E-state index in [0.717, 1.165) is 16.9 Å². The van der Waals surface area contributed by atoms with Gasteiger partial charge in [-0.2, -0.15) is 0 Å². The second kappa shape index (κ2) is 12.7. The lowest BCUT2D eigenvalue weighted by atomic mass is 10.1. The Morgan fingerprint density at radius 3 is 2.33 bits per heavy atom. The molecule has 2 amide bonds. The van der Waals surface area contributed by atoms with Crippen molar-refractivity contribution < 1.29 is 9.59 Å². The number of hydrogen-bond donors (Lipinski definition) is 1. The predicted molar refractivity (Wildman–Crippen MR) is 126 cm³/mol. The van der Waals surface area contributed by atoms with E-state index < -0.39 is 6.04 Å². The highest BCUT2D eigenvalue weighted by atomic mass is 35.5. The van der Waals surface area contributed by atoms with Gasteiger partial charge in [-0.25, -0.2) is 0 Å². The van der Waals surface area contributed by atoms with Gasteiger partial charge in [-0.1, -0.05) is 55.3 Å². The average Bonchev–Trinajstić information content (AvgIpc) is 2.74. The van der Waals surface area contributed by atoms with Crippen molar-refractivity contribution in [2.75, 3.05) is 12.3 Å². The van der Waals surface area contributed by atoms with Gasteiger partial charge >= 0.3 is 0 Å². The molecule has 2 aromatic carbocycles. The molecule has 4 nitrogen and oxygen atoms in total. The second-order valence-corrected chi connectivity index (χ2v) is 8.88. The summed E-state index contributed by atoms with van der Waals surface area (Å²) in [5.41, 5.74) is 2.18. The van der Waals surface area contributed by atoms with E-state index in [1.807, 2.05) is 38.1 Å². The number of halogens is 1. The van der Waals surface area contributed by atoms with Gasteiger partial charge in [0.25, 0.3) is 0 Å². The summed E-state index contributed by atoms with van der Waals surface area (Å²) in [5, 5.41) is 3.59. The molecule has 2 aromatic rings. The third kappa shape index (κ3) is 7.69. The summed E-state index contributed by atoms with van der Waals surface area (Å²) in [6, 6.07) is 15.2. The normalized spacial score (nSPS) is 11.7. The molecular formula is C24H31ClN2O2S. The number of thioether (sulfide) groups is 1. The molecule has 0 heterocycles. The van der Waals surface area contributed by atoms with Crippen LogP contribution in [0.5, 0.6) is 0 Å². The van der Waals surface area contributed by atoms with Crippen LogP contribution in [0.15, 0.2) is 53.4 Å². The SMILES string of the molecule is CCCNC(=O)[C@@H](CC)N(Cc1ccc(Cl)cc1)C(=O)CCSc1ccc(C)cc1. The van der Waals surface area contributed by atoms with Crippen LogP contribution in [0, 0.1) is 6.92 Å². The third-order valence-corrected chi connectivity index (χ3v) is 6.07. The maximum Gasteiger partial charge on any atom is 0.242 e. The number of nitrogens with zero attached hydrogens (tertiary/aromatic N) is 1. The zero-order valence-corrected chi connectivity index (χ0v) is 19.6. The van der Waals surface area contributed by atoms with Crippen LogP contribution in [-0.4, -0.2) is 35.1 Å². The first-order valence-electron chi connectivity index (χ1n) is 10.5. The van der Waals surface area contributed by atoms with Crippen LogP contribution < -0.4 is 5.32 Å². The van der Waals surface area contributed by atoms with Gasteiger partial charge in [0.1, 0.15) is 6.04 Å². The summed E-state index contributed by atoms with van der Waals surface area (Å²) in [4.78, 5) is 28.7. The number of nitrogens with one attached hydrogen (secondary N) is 1. The summed E-state index contributed by atoms with van der Waals surface area (Å²) in [5.74, 6) is 0.572. The van der Waals surface area contributed by atoms with Gasteiger partial charge in [-0.3, -0.25) is 9.59 Å². The molecule has 0 fully saturated rings. The van der Waals surface area contributed by atoms with Gasteiger partial charge in [-0.15, -0.1) is 11.8 Å².